The quantitative estimate of drug-likeness (QED) is 0.759. The summed E-state index contributed by atoms with van der Waals surface area (Å²) in [5.74, 6) is 0.600. The Morgan fingerprint density at radius 2 is 1.94 bits per heavy atom. The zero-order chi connectivity index (χ0) is 12.5. The first-order valence-corrected chi connectivity index (χ1v) is 6.31. The maximum absolute atomic E-state index is 11.4. The molecule has 0 amide bonds. The Bertz CT molecular complexity index is 374. The molecule has 0 aliphatic carbocycles. The van der Waals surface area contributed by atoms with Gasteiger partial charge in [0.15, 0.2) is 5.78 Å². The zero-order valence-corrected chi connectivity index (χ0v) is 11.7. The molecule has 1 heterocycles. The molecule has 0 saturated carbocycles. The van der Waals surface area contributed by atoms with Crippen molar-refractivity contribution < 1.29 is 4.79 Å². The summed E-state index contributed by atoms with van der Waals surface area (Å²) in [5.41, 5.74) is 0.861. The van der Waals surface area contributed by atoms with Crippen LogP contribution in [0, 0.1) is 12.8 Å². The van der Waals surface area contributed by atoms with Gasteiger partial charge in [0, 0.05) is 6.92 Å². The number of hydrogen-bond acceptors (Lipinski definition) is 4. The lowest BCUT2D eigenvalue weighted by atomic mass is 10.0. The number of rotatable bonds is 4. The SMILES string of the molecule is CC(=O)c1sc(C(C(C)C)N(C)C)nc1C. The summed E-state index contributed by atoms with van der Waals surface area (Å²) in [5, 5.41) is 1.04. The molecule has 1 unspecified atom stereocenters. The van der Waals surface area contributed by atoms with Crippen LogP contribution in [0.4, 0.5) is 0 Å². The molecule has 1 aromatic heterocycles. The van der Waals surface area contributed by atoms with Crippen LogP contribution in [0.1, 0.15) is 47.2 Å². The molecule has 0 N–H and O–H groups in total. The minimum atomic E-state index is 0.113. The minimum absolute atomic E-state index is 0.113. The monoisotopic (exact) mass is 240 g/mol. The molecule has 0 radical (unpaired) electrons. The van der Waals surface area contributed by atoms with Gasteiger partial charge in [-0.25, -0.2) is 4.98 Å². The Labute approximate surface area is 101 Å². The average molecular weight is 240 g/mol. The number of hydrogen-bond donors (Lipinski definition) is 0. The molecule has 4 heteroatoms. The van der Waals surface area contributed by atoms with E-state index in [0.717, 1.165) is 15.6 Å². The molecule has 1 aromatic rings. The molecule has 0 aromatic carbocycles. The van der Waals surface area contributed by atoms with Gasteiger partial charge in [-0.3, -0.25) is 4.79 Å². The maximum Gasteiger partial charge on any atom is 0.171 e. The molecule has 1 atom stereocenters. The molecular weight excluding hydrogens is 220 g/mol. The Morgan fingerprint density at radius 3 is 2.25 bits per heavy atom. The highest BCUT2D eigenvalue weighted by atomic mass is 32.1. The van der Waals surface area contributed by atoms with Crippen molar-refractivity contribution in [1.29, 1.82) is 0 Å². The van der Waals surface area contributed by atoms with Gasteiger partial charge in [-0.2, -0.15) is 0 Å². The normalized spacial score (nSPS) is 13.5. The third-order valence-electron chi connectivity index (χ3n) is 2.57. The van der Waals surface area contributed by atoms with Gasteiger partial charge in [0.25, 0.3) is 0 Å². The van der Waals surface area contributed by atoms with Crippen molar-refractivity contribution in [3.05, 3.63) is 15.6 Å². The highest BCUT2D eigenvalue weighted by Gasteiger charge is 2.23. The van der Waals surface area contributed by atoms with Crippen LogP contribution in [-0.4, -0.2) is 29.8 Å². The van der Waals surface area contributed by atoms with Gasteiger partial charge in [0.1, 0.15) is 5.01 Å². The van der Waals surface area contributed by atoms with Crippen LogP contribution in [0.2, 0.25) is 0 Å². The van der Waals surface area contributed by atoms with E-state index in [4.69, 9.17) is 0 Å². The molecule has 0 saturated heterocycles. The molecular formula is C12H20N2OS. The fraction of sp³-hybridized carbons (Fsp3) is 0.667. The van der Waals surface area contributed by atoms with Crippen LogP contribution in [0.3, 0.4) is 0 Å². The molecule has 16 heavy (non-hydrogen) atoms. The third kappa shape index (κ3) is 2.68. The van der Waals surface area contributed by atoms with Crippen molar-refractivity contribution in [3.63, 3.8) is 0 Å². The largest absolute Gasteiger partial charge is 0.300 e. The molecule has 1 rings (SSSR count). The van der Waals surface area contributed by atoms with Crippen LogP contribution in [-0.2, 0) is 0 Å². The standard InChI is InChI=1S/C12H20N2OS/c1-7(2)10(14(5)6)12-13-8(3)11(16-12)9(4)15/h7,10H,1-6H3. The summed E-state index contributed by atoms with van der Waals surface area (Å²) >= 11 is 1.53. The highest BCUT2D eigenvalue weighted by Crippen LogP contribution is 2.31. The number of aryl methyl sites for hydroxylation is 1. The fourth-order valence-electron chi connectivity index (χ4n) is 1.97. The summed E-state index contributed by atoms with van der Waals surface area (Å²) in [6.45, 7) is 7.86. The first-order valence-electron chi connectivity index (χ1n) is 5.49. The van der Waals surface area contributed by atoms with Gasteiger partial charge in [0.2, 0.25) is 0 Å². The van der Waals surface area contributed by atoms with Gasteiger partial charge in [-0.05, 0) is 26.9 Å². The Morgan fingerprint density at radius 1 is 1.38 bits per heavy atom. The Hall–Kier alpha value is -0.740. The highest BCUT2D eigenvalue weighted by molar-refractivity contribution is 7.13. The van der Waals surface area contributed by atoms with Gasteiger partial charge >= 0.3 is 0 Å². The van der Waals surface area contributed by atoms with Crippen LogP contribution >= 0.6 is 11.3 Å². The van der Waals surface area contributed by atoms with E-state index in [-0.39, 0.29) is 11.8 Å². The topological polar surface area (TPSA) is 33.2 Å². The smallest absolute Gasteiger partial charge is 0.171 e. The fourth-order valence-corrected chi connectivity index (χ4v) is 3.31. The molecule has 0 aliphatic rings. The third-order valence-corrected chi connectivity index (χ3v) is 3.90. The van der Waals surface area contributed by atoms with Crippen molar-refractivity contribution in [2.24, 2.45) is 5.92 Å². The van der Waals surface area contributed by atoms with E-state index in [1.807, 2.05) is 6.92 Å². The number of aromatic nitrogens is 1. The van der Waals surface area contributed by atoms with Crippen molar-refractivity contribution in [1.82, 2.24) is 9.88 Å². The van der Waals surface area contributed by atoms with Crippen LogP contribution in [0.25, 0.3) is 0 Å². The number of Topliss-reactive ketones (excluding diaryl/α,β-unsaturated/α-hetero) is 1. The van der Waals surface area contributed by atoms with E-state index in [0.29, 0.717) is 5.92 Å². The Kier molecular flexibility index (Phi) is 4.21. The number of carbonyl (C=O) groups excluding carboxylic acids is 1. The molecule has 0 aliphatic heterocycles. The summed E-state index contributed by atoms with van der Waals surface area (Å²) in [6.07, 6.45) is 0. The molecule has 0 spiro atoms. The lowest BCUT2D eigenvalue weighted by molar-refractivity contribution is 0.102. The first-order chi connectivity index (χ1) is 7.34. The van der Waals surface area contributed by atoms with E-state index in [1.165, 1.54) is 11.3 Å². The van der Waals surface area contributed by atoms with E-state index < -0.39 is 0 Å². The van der Waals surface area contributed by atoms with Crippen LogP contribution < -0.4 is 0 Å². The zero-order valence-electron chi connectivity index (χ0n) is 10.9. The molecule has 3 nitrogen and oxygen atoms in total. The first kappa shape index (κ1) is 13.3. The molecule has 90 valence electrons. The second-order valence-corrected chi connectivity index (χ2v) is 5.71. The van der Waals surface area contributed by atoms with Crippen molar-refractivity contribution in [2.75, 3.05) is 14.1 Å². The molecule has 0 bridgehead atoms. The van der Waals surface area contributed by atoms with Gasteiger partial charge < -0.3 is 4.90 Å². The summed E-state index contributed by atoms with van der Waals surface area (Å²) in [6, 6.07) is 0.289. The van der Waals surface area contributed by atoms with Gasteiger partial charge in [-0.1, -0.05) is 13.8 Å². The Balaban J connectivity index is 3.12. The van der Waals surface area contributed by atoms with Gasteiger partial charge in [0.05, 0.1) is 16.6 Å². The summed E-state index contributed by atoms with van der Waals surface area (Å²) < 4.78 is 0. The van der Waals surface area contributed by atoms with E-state index in [2.05, 4.69) is 37.8 Å². The number of carbonyl (C=O) groups is 1. The van der Waals surface area contributed by atoms with Crippen molar-refractivity contribution in [3.8, 4) is 0 Å². The average Bonchev–Trinajstić information content (AvgIpc) is 2.45. The van der Waals surface area contributed by atoms with E-state index in [9.17, 15) is 4.79 Å². The predicted molar refractivity (Wildman–Crippen MR) is 68.1 cm³/mol. The molecule has 0 fully saturated rings. The number of ketones is 1. The maximum atomic E-state index is 11.4. The lowest BCUT2D eigenvalue weighted by Gasteiger charge is -2.25. The van der Waals surface area contributed by atoms with E-state index in [1.54, 1.807) is 6.92 Å². The van der Waals surface area contributed by atoms with Crippen LogP contribution in [0.15, 0.2) is 0 Å². The minimum Gasteiger partial charge on any atom is -0.300 e. The number of nitrogens with zero attached hydrogens (tertiary/aromatic N) is 2. The van der Waals surface area contributed by atoms with Gasteiger partial charge in [-0.15, -0.1) is 11.3 Å². The summed E-state index contributed by atoms with van der Waals surface area (Å²) in [7, 11) is 4.10. The van der Waals surface area contributed by atoms with E-state index >= 15 is 0 Å². The summed E-state index contributed by atoms with van der Waals surface area (Å²) in [4.78, 5) is 18.9. The lowest BCUT2D eigenvalue weighted by Crippen LogP contribution is -2.24. The second kappa shape index (κ2) is 5.06. The number of thiazole rings is 1. The van der Waals surface area contributed by atoms with Crippen molar-refractivity contribution >= 4 is 17.1 Å². The second-order valence-electron chi connectivity index (χ2n) is 4.68. The van der Waals surface area contributed by atoms with Crippen molar-refractivity contribution in [2.45, 2.75) is 33.7 Å². The predicted octanol–water partition coefficient (Wildman–Crippen LogP) is 2.91. The van der Waals surface area contributed by atoms with Crippen LogP contribution in [0.5, 0.6) is 0 Å².